The number of carbonyl (C=O) groups excluding carboxylic acids is 1. The molecule has 0 bridgehead atoms. The van der Waals surface area contributed by atoms with Crippen molar-refractivity contribution < 1.29 is 9.53 Å². The molecular weight excluding hydrogens is 228 g/mol. The maximum atomic E-state index is 11.9. The number of carbonyl (C=O) groups is 1. The Labute approximate surface area is 111 Å². The quantitative estimate of drug-likeness (QED) is 0.683. The molecule has 0 spiro atoms. The highest BCUT2D eigenvalue weighted by Gasteiger charge is 2.32. The molecule has 0 heterocycles. The van der Waals surface area contributed by atoms with Crippen LogP contribution in [-0.4, -0.2) is 37.7 Å². The fraction of sp³-hybridized carbons (Fsp3) is 0.929. The fourth-order valence-corrected chi connectivity index (χ4v) is 2.60. The number of hydrogen-bond acceptors (Lipinski definition) is 3. The molecule has 4 heteroatoms. The van der Waals surface area contributed by atoms with Crippen molar-refractivity contribution in [3.05, 3.63) is 0 Å². The minimum atomic E-state index is 0.0290. The van der Waals surface area contributed by atoms with Crippen LogP contribution in [0.4, 0.5) is 0 Å². The molecule has 0 aliphatic heterocycles. The largest absolute Gasteiger partial charge is 0.377 e. The standard InChI is InChI=1S/C14H28N2O2/c1-12(2)18-10-9-16-13(17)11-14(15-3)7-5-4-6-8-14/h12,15H,4-11H2,1-3H3,(H,16,17). The molecule has 0 aromatic carbocycles. The molecular formula is C14H28N2O2. The molecule has 0 aromatic rings. The molecule has 0 radical (unpaired) electrons. The van der Waals surface area contributed by atoms with Gasteiger partial charge in [0.1, 0.15) is 0 Å². The van der Waals surface area contributed by atoms with Crippen LogP contribution in [0, 0.1) is 0 Å². The first-order valence-corrected chi connectivity index (χ1v) is 7.15. The minimum Gasteiger partial charge on any atom is -0.377 e. The first kappa shape index (κ1) is 15.4. The second kappa shape index (κ2) is 7.74. The van der Waals surface area contributed by atoms with E-state index >= 15 is 0 Å². The highest BCUT2D eigenvalue weighted by Crippen LogP contribution is 2.30. The van der Waals surface area contributed by atoms with Crippen molar-refractivity contribution in [2.75, 3.05) is 20.2 Å². The van der Waals surface area contributed by atoms with Crippen LogP contribution in [0.5, 0.6) is 0 Å². The Bertz CT molecular complexity index is 248. The zero-order valence-electron chi connectivity index (χ0n) is 12.1. The van der Waals surface area contributed by atoms with Gasteiger partial charge in [0.25, 0.3) is 0 Å². The van der Waals surface area contributed by atoms with Crippen molar-refractivity contribution in [2.24, 2.45) is 0 Å². The first-order chi connectivity index (χ1) is 8.58. The van der Waals surface area contributed by atoms with Crippen molar-refractivity contribution in [3.8, 4) is 0 Å². The molecule has 1 amide bonds. The molecule has 1 saturated carbocycles. The smallest absolute Gasteiger partial charge is 0.221 e. The van der Waals surface area contributed by atoms with Crippen LogP contribution in [0.15, 0.2) is 0 Å². The van der Waals surface area contributed by atoms with E-state index in [-0.39, 0.29) is 17.6 Å². The van der Waals surface area contributed by atoms with Crippen molar-refractivity contribution in [2.45, 2.75) is 64.0 Å². The van der Waals surface area contributed by atoms with Gasteiger partial charge in [0.2, 0.25) is 5.91 Å². The summed E-state index contributed by atoms with van der Waals surface area (Å²) in [5.74, 6) is 0.138. The summed E-state index contributed by atoms with van der Waals surface area (Å²) in [6.07, 6.45) is 6.79. The van der Waals surface area contributed by atoms with Crippen LogP contribution < -0.4 is 10.6 Å². The average Bonchev–Trinajstić information content (AvgIpc) is 2.35. The zero-order valence-corrected chi connectivity index (χ0v) is 12.1. The van der Waals surface area contributed by atoms with Crippen LogP contribution in [0.3, 0.4) is 0 Å². The van der Waals surface area contributed by atoms with Crippen molar-refractivity contribution in [3.63, 3.8) is 0 Å². The van der Waals surface area contributed by atoms with E-state index in [9.17, 15) is 4.79 Å². The van der Waals surface area contributed by atoms with E-state index in [0.29, 0.717) is 19.6 Å². The third kappa shape index (κ3) is 5.36. The number of amides is 1. The Morgan fingerprint density at radius 1 is 1.28 bits per heavy atom. The minimum absolute atomic E-state index is 0.0290. The van der Waals surface area contributed by atoms with Crippen LogP contribution in [0.25, 0.3) is 0 Å². The van der Waals surface area contributed by atoms with E-state index in [0.717, 1.165) is 12.8 Å². The van der Waals surface area contributed by atoms with Gasteiger partial charge in [-0.05, 0) is 33.7 Å². The van der Waals surface area contributed by atoms with Gasteiger partial charge in [0.15, 0.2) is 0 Å². The summed E-state index contributed by atoms with van der Waals surface area (Å²) < 4.78 is 5.40. The number of nitrogens with one attached hydrogen (secondary N) is 2. The number of ether oxygens (including phenoxy) is 1. The van der Waals surface area contributed by atoms with E-state index in [1.54, 1.807) is 0 Å². The Morgan fingerprint density at radius 3 is 2.50 bits per heavy atom. The normalized spacial score (nSPS) is 18.9. The van der Waals surface area contributed by atoms with E-state index < -0.39 is 0 Å². The van der Waals surface area contributed by atoms with Gasteiger partial charge in [-0.25, -0.2) is 0 Å². The summed E-state index contributed by atoms with van der Waals surface area (Å²) >= 11 is 0. The van der Waals surface area contributed by atoms with E-state index in [2.05, 4.69) is 10.6 Å². The molecule has 0 atom stereocenters. The van der Waals surface area contributed by atoms with Crippen LogP contribution in [0.2, 0.25) is 0 Å². The predicted octanol–water partition coefficient (Wildman–Crippen LogP) is 1.84. The lowest BCUT2D eigenvalue weighted by Gasteiger charge is -2.36. The van der Waals surface area contributed by atoms with Gasteiger partial charge in [-0.2, -0.15) is 0 Å². The van der Waals surface area contributed by atoms with E-state index in [1.807, 2.05) is 20.9 Å². The average molecular weight is 256 g/mol. The van der Waals surface area contributed by atoms with Gasteiger partial charge in [-0.15, -0.1) is 0 Å². The van der Waals surface area contributed by atoms with Gasteiger partial charge >= 0.3 is 0 Å². The van der Waals surface area contributed by atoms with Crippen LogP contribution >= 0.6 is 0 Å². The summed E-state index contributed by atoms with van der Waals surface area (Å²) in [7, 11) is 1.97. The van der Waals surface area contributed by atoms with Crippen LogP contribution in [-0.2, 0) is 9.53 Å². The highest BCUT2D eigenvalue weighted by molar-refractivity contribution is 5.77. The summed E-state index contributed by atoms with van der Waals surface area (Å²) in [5.41, 5.74) is 0.0290. The number of hydrogen-bond donors (Lipinski definition) is 2. The second-order valence-corrected chi connectivity index (χ2v) is 5.54. The lowest BCUT2D eigenvalue weighted by molar-refractivity contribution is -0.123. The SMILES string of the molecule is CNC1(CC(=O)NCCOC(C)C)CCCCC1. The van der Waals surface area contributed by atoms with Gasteiger partial charge in [0.05, 0.1) is 12.7 Å². The third-order valence-corrected chi connectivity index (χ3v) is 3.72. The molecule has 0 saturated heterocycles. The Morgan fingerprint density at radius 2 is 1.94 bits per heavy atom. The van der Waals surface area contributed by atoms with Gasteiger partial charge in [-0.3, -0.25) is 4.79 Å². The lowest BCUT2D eigenvalue weighted by Crippen LogP contribution is -2.48. The molecule has 0 aromatic heterocycles. The fourth-order valence-electron chi connectivity index (χ4n) is 2.60. The molecule has 106 valence electrons. The van der Waals surface area contributed by atoms with Gasteiger partial charge in [0, 0.05) is 18.5 Å². The molecule has 1 fully saturated rings. The molecule has 4 nitrogen and oxygen atoms in total. The maximum absolute atomic E-state index is 11.9. The number of rotatable bonds is 7. The second-order valence-electron chi connectivity index (χ2n) is 5.54. The topological polar surface area (TPSA) is 50.4 Å². The summed E-state index contributed by atoms with van der Waals surface area (Å²) in [6.45, 7) is 5.20. The molecule has 0 unspecified atom stereocenters. The van der Waals surface area contributed by atoms with Crippen molar-refractivity contribution in [1.29, 1.82) is 0 Å². The van der Waals surface area contributed by atoms with Crippen LogP contribution in [0.1, 0.15) is 52.4 Å². The van der Waals surface area contributed by atoms with E-state index in [4.69, 9.17) is 4.74 Å². The monoisotopic (exact) mass is 256 g/mol. The Hall–Kier alpha value is -0.610. The molecule has 18 heavy (non-hydrogen) atoms. The van der Waals surface area contributed by atoms with Crippen molar-refractivity contribution in [1.82, 2.24) is 10.6 Å². The summed E-state index contributed by atoms with van der Waals surface area (Å²) in [6, 6.07) is 0. The summed E-state index contributed by atoms with van der Waals surface area (Å²) in [4.78, 5) is 11.9. The van der Waals surface area contributed by atoms with E-state index in [1.165, 1.54) is 19.3 Å². The predicted molar refractivity (Wildman–Crippen MR) is 73.6 cm³/mol. The van der Waals surface area contributed by atoms with Gasteiger partial charge in [-0.1, -0.05) is 19.3 Å². The molecule has 2 N–H and O–H groups in total. The highest BCUT2D eigenvalue weighted by atomic mass is 16.5. The summed E-state index contributed by atoms with van der Waals surface area (Å²) in [5, 5.41) is 6.31. The molecule has 1 aliphatic rings. The van der Waals surface area contributed by atoms with Crippen molar-refractivity contribution >= 4 is 5.91 Å². The van der Waals surface area contributed by atoms with Gasteiger partial charge < -0.3 is 15.4 Å². The Balaban J connectivity index is 2.25. The third-order valence-electron chi connectivity index (χ3n) is 3.72. The first-order valence-electron chi connectivity index (χ1n) is 7.15. The lowest BCUT2D eigenvalue weighted by atomic mass is 9.79. The Kier molecular flexibility index (Phi) is 6.65. The molecule has 1 aliphatic carbocycles. The molecule has 1 rings (SSSR count). The zero-order chi connectivity index (χ0) is 13.4. The maximum Gasteiger partial charge on any atom is 0.221 e.